The van der Waals surface area contributed by atoms with E-state index in [2.05, 4.69) is 26.2 Å². The summed E-state index contributed by atoms with van der Waals surface area (Å²) >= 11 is 2.13. The Hall–Kier alpha value is -0.300. The molecule has 1 heterocycles. The molecule has 0 atom stereocenters. The number of aromatic nitrogens is 1. The van der Waals surface area contributed by atoms with Gasteiger partial charge >= 0.3 is 5.91 Å². The topological polar surface area (TPSA) is 57.2 Å². The van der Waals surface area contributed by atoms with Gasteiger partial charge in [0.1, 0.15) is 0 Å². The van der Waals surface area contributed by atoms with Crippen molar-refractivity contribution in [1.82, 2.24) is 0 Å². The maximum Gasteiger partial charge on any atom is 0.313 e. The maximum atomic E-state index is 10.6. The number of nitrogens with two attached hydrogens (primary N) is 1. The van der Waals surface area contributed by atoms with E-state index in [1.807, 2.05) is 6.07 Å². The number of hydrogen-bond acceptors (Lipinski definition) is 2. The average Bonchev–Trinajstić information content (AvgIpc) is 2.05. The SMILES string of the molecule is NC(=O)c1cccc(SI)[nH+]1. The van der Waals surface area contributed by atoms with Gasteiger partial charge in [-0.05, 0) is 6.07 Å². The minimum atomic E-state index is -0.433. The monoisotopic (exact) mass is 281 g/mol. The molecule has 0 fully saturated rings. The molecule has 3 N–H and O–H groups in total. The van der Waals surface area contributed by atoms with Gasteiger partial charge < -0.3 is 5.73 Å². The second kappa shape index (κ2) is 3.91. The number of hydrogen-bond donors (Lipinski definition) is 1. The van der Waals surface area contributed by atoms with E-state index in [1.165, 1.54) is 8.93 Å². The molecule has 0 aliphatic rings. The number of carbonyl (C=O) groups excluding carboxylic acids is 1. The van der Waals surface area contributed by atoms with Crippen molar-refractivity contribution in [2.75, 3.05) is 0 Å². The van der Waals surface area contributed by atoms with Gasteiger partial charge in [0.05, 0.1) is 0 Å². The zero-order chi connectivity index (χ0) is 8.27. The van der Waals surface area contributed by atoms with Crippen molar-refractivity contribution in [2.24, 2.45) is 5.73 Å². The minimum Gasteiger partial charge on any atom is -0.360 e. The van der Waals surface area contributed by atoms with Crippen LogP contribution in [-0.2, 0) is 0 Å². The highest BCUT2D eigenvalue weighted by molar-refractivity contribution is 14.2. The molecule has 1 aromatic rings. The molecular formula is C6H6IN2OS+. The highest BCUT2D eigenvalue weighted by atomic mass is 127. The van der Waals surface area contributed by atoms with E-state index in [4.69, 9.17) is 5.73 Å². The molecule has 0 saturated heterocycles. The van der Waals surface area contributed by atoms with Crippen molar-refractivity contribution >= 4 is 36.0 Å². The molecule has 0 bridgehead atoms. The summed E-state index contributed by atoms with van der Waals surface area (Å²) in [6, 6.07) is 5.32. The van der Waals surface area contributed by atoms with E-state index < -0.39 is 5.91 Å². The van der Waals surface area contributed by atoms with Crippen LogP contribution in [0.2, 0.25) is 0 Å². The molecule has 0 spiro atoms. The number of primary amides is 1. The molecule has 1 rings (SSSR count). The summed E-state index contributed by atoms with van der Waals surface area (Å²) in [7, 11) is 1.51. The average molecular weight is 281 g/mol. The molecule has 1 amide bonds. The van der Waals surface area contributed by atoms with Crippen LogP contribution in [0.25, 0.3) is 0 Å². The van der Waals surface area contributed by atoms with Crippen molar-refractivity contribution in [3.8, 4) is 0 Å². The lowest BCUT2D eigenvalue weighted by molar-refractivity contribution is -0.429. The number of halogens is 1. The van der Waals surface area contributed by atoms with Crippen LogP contribution in [0.1, 0.15) is 10.5 Å². The Kier molecular flexibility index (Phi) is 3.13. The lowest BCUT2D eigenvalue weighted by Gasteiger charge is -1.88. The summed E-state index contributed by atoms with van der Waals surface area (Å²) in [5, 5.41) is 0.918. The Balaban J connectivity index is 3.01. The fraction of sp³-hybridized carbons (Fsp3) is 0. The second-order valence-corrected chi connectivity index (χ2v) is 3.79. The number of carbonyl (C=O) groups is 1. The molecule has 0 radical (unpaired) electrons. The number of aromatic amines is 1. The normalized spacial score (nSPS) is 9.55. The van der Waals surface area contributed by atoms with Crippen molar-refractivity contribution in [3.05, 3.63) is 23.9 Å². The summed E-state index contributed by atoms with van der Waals surface area (Å²) in [6.07, 6.45) is 0. The predicted molar refractivity (Wildman–Crippen MR) is 51.4 cm³/mol. The van der Waals surface area contributed by atoms with Crippen LogP contribution in [-0.4, -0.2) is 5.91 Å². The Morgan fingerprint density at radius 3 is 2.91 bits per heavy atom. The van der Waals surface area contributed by atoms with Gasteiger partial charge in [-0.15, -0.1) is 0 Å². The van der Waals surface area contributed by atoms with Crippen LogP contribution >= 0.6 is 30.1 Å². The summed E-state index contributed by atoms with van der Waals surface area (Å²) in [5.74, 6) is -0.433. The van der Waals surface area contributed by atoms with Gasteiger partial charge in [-0.1, -0.05) is 0 Å². The largest absolute Gasteiger partial charge is 0.360 e. The lowest BCUT2D eigenvalue weighted by atomic mass is 10.3. The molecule has 1 aromatic heterocycles. The Labute approximate surface area is 80.3 Å². The maximum absolute atomic E-state index is 10.6. The third-order valence-corrected chi connectivity index (χ3v) is 2.94. The van der Waals surface area contributed by atoms with E-state index in [0.717, 1.165) is 5.03 Å². The van der Waals surface area contributed by atoms with Crippen molar-refractivity contribution < 1.29 is 9.78 Å². The molecule has 3 nitrogen and oxygen atoms in total. The third kappa shape index (κ3) is 2.33. The van der Waals surface area contributed by atoms with E-state index in [0.29, 0.717) is 5.69 Å². The van der Waals surface area contributed by atoms with Gasteiger partial charge in [0.25, 0.3) is 5.69 Å². The predicted octanol–water partition coefficient (Wildman–Crippen LogP) is 1.04. The quantitative estimate of drug-likeness (QED) is 0.823. The van der Waals surface area contributed by atoms with Gasteiger partial charge in [-0.2, -0.15) is 4.98 Å². The highest BCUT2D eigenvalue weighted by Gasteiger charge is 2.09. The smallest absolute Gasteiger partial charge is 0.313 e. The number of H-pyrrole nitrogens is 1. The van der Waals surface area contributed by atoms with Crippen LogP contribution in [0.4, 0.5) is 0 Å². The molecule has 0 unspecified atom stereocenters. The molecule has 0 aliphatic carbocycles. The van der Waals surface area contributed by atoms with E-state index in [9.17, 15) is 4.79 Å². The summed E-state index contributed by atoms with van der Waals surface area (Å²) < 4.78 is 0. The second-order valence-electron chi connectivity index (χ2n) is 1.87. The van der Waals surface area contributed by atoms with Gasteiger partial charge in [-0.3, -0.25) is 4.79 Å². The van der Waals surface area contributed by atoms with Gasteiger partial charge in [0.2, 0.25) is 5.03 Å². The molecule has 0 aromatic carbocycles. The third-order valence-electron chi connectivity index (χ3n) is 1.12. The number of pyridine rings is 1. The number of nitrogens with one attached hydrogen (secondary N) is 1. The minimum absolute atomic E-state index is 0.433. The van der Waals surface area contributed by atoms with Crippen LogP contribution < -0.4 is 10.7 Å². The van der Waals surface area contributed by atoms with E-state index >= 15 is 0 Å². The van der Waals surface area contributed by atoms with Gasteiger partial charge in [0, 0.05) is 42.3 Å². The van der Waals surface area contributed by atoms with Crippen LogP contribution in [0.15, 0.2) is 23.2 Å². The molecule has 11 heavy (non-hydrogen) atoms. The van der Waals surface area contributed by atoms with Crippen molar-refractivity contribution in [2.45, 2.75) is 5.03 Å². The number of amides is 1. The molecule has 0 aliphatic heterocycles. The lowest BCUT2D eigenvalue weighted by Crippen LogP contribution is -2.23. The van der Waals surface area contributed by atoms with Crippen LogP contribution in [0.5, 0.6) is 0 Å². The highest BCUT2D eigenvalue weighted by Crippen LogP contribution is 2.19. The van der Waals surface area contributed by atoms with Gasteiger partial charge in [0.15, 0.2) is 0 Å². The van der Waals surface area contributed by atoms with Crippen LogP contribution in [0.3, 0.4) is 0 Å². The Morgan fingerprint density at radius 2 is 2.36 bits per heavy atom. The van der Waals surface area contributed by atoms with Crippen LogP contribution in [0, 0.1) is 0 Å². The summed E-state index contributed by atoms with van der Waals surface area (Å²) in [5.41, 5.74) is 5.49. The van der Waals surface area contributed by atoms with Crippen molar-refractivity contribution in [3.63, 3.8) is 0 Å². The fourth-order valence-electron chi connectivity index (χ4n) is 0.637. The Bertz CT molecular complexity index is 279. The van der Waals surface area contributed by atoms with E-state index in [1.54, 1.807) is 12.1 Å². The van der Waals surface area contributed by atoms with Gasteiger partial charge in [-0.25, -0.2) is 0 Å². The molecule has 58 valence electrons. The summed E-state index contributed by atoms with van der Waals surface area (Å²) in [4.78, 5) is 13.5. The zero-order valence-corrected chi connectivity index (χ0v) is 8.48. The first-order valence-electron chi connectivity index (χ1n) is 2.85. The van der Waals surface area contributed by atoms with E-state index in [-0.39, 0.29) is 0 Å². The van der Waals surface area contributed by atoms with Crippen molar-refractivity contribution in [1.29, 1.82) is 0 Å². The molecule has 0 saturated carbocycles. The first-order chi connectivity index (χ1) is 5.24. The fourth-order valence-corrected chi connectivity index (χ4v) is 1.69. The molecule has 5 heteroatoms. The molecular weight excluding hydrogens is 275 g/mol. The summed E-state index contributed by atoms with van der Waals surface area (Å²) in [6.45, 7) is 0. The number of rotatable bonds is 2. The Morgan fingerprint density at radius 1 is 1.64 bits per heavy atom. The zero-order valence-electron chi connectivity index (χ0n) is 5.50. The standard InChI is InChI=1S/C6H5IN2OS/c7-11-5-3-1-2-4(9-5)6(8)10/h1-3H,(H2,8,10)/p+1. The first kappa shape index (κ1) is 8.79. The first-order valence-corrected chi connectivity index (χ1v) is 6.20.